The lowest BCUT2D eigenvalue weighted by Crippen LogP contribution is -2.12. The zero-order valence-corrected chi connectivity index (χ0v) is 10.7. The highest BCUT2D eigenvalue weighted by Gasteiger charge is 2.08. The van der Waals surface area contributed by atoms with Crippen molar-refractivity contribution in [1.29, 1.82) is 0 Å². The second kappa shape index (κ2) is 5.01. The van der Waals surface area contributed by atoms with Crippen LogP contribution < -0.4 is 16.6 Å². The molecule has 0 aliphatic carbocycles. The third kappa shape index (κ3) is 2.75. The van der Waals surface area contributed by atoms with E-state index in [1.807, 2.05) is 33.2 Å². The summed E-state index contributed by atoms with van der Waals surface area (Å²) in [5, 5.41) is 7.35. The molecule has 0 saturated heterocycles. The Bertz CT molecular complexity index is 532. The summed E-state index contributed by atoms with van der Waals surface area (Å²) in [5.41, 5.74) is 2.54. The minimum Gasteiger partial charge on any atom is -0.323 e. The zero-order valence-electron chi connectivity index (χ0n) is 10.7. The minimum atomic E-state index is 0.225. The number of nitrogen functional groups attached to an aromatic ring is 1. The second-order valence-corrected chi connectivity index (χ2v) is 4.30. The maximum atomic E-state index is 5.40. The number of rotatable bonds is 4. The lowest BCUT2D eigenvalue weighted by atomic mass is 10.2. The van der Waals surface area contributed by atoms with Gasteiger partial charge < -0.3 is 10.7 Å². The zero-order chi connectivity index (χ0) is 13.1. The maximum Gasteiger partial charge on any atom is 0.153 e. The molecule has 0 atom stereocenters. The van der Waals surface area contributed by atoms with Crippen molar-refractivity contribution in [2.45, 2.75) is 19.8 Å². The molecule has 0 aliphatic heterocycles. The predicted molar refractivity (Wildman–Crippen MR) is 70.4 cm³/mol. The summed E-state index contributed by atoms with van der Waals surface area (Å²) in [6, 6.07) is 3.60. The van der Waals surface area contributed by atoms with E-state index in [0.29, 0.717) is 11.6 Å². The molecule has 2 heterocycles. The Morgan fingerprint density at radius 1 is 1.22 bits per heavy atom. The van der Waals surface area contributed by atoms with Gasteiger partial charge in [-0.2, -0.15) is 5.10 Å². The van der Waals surface area contributed by atoms with Crippen LogP contribution in [0.1, 0.15) is 25.6 Å². The van der Waals surface area contributed by atoms with Crippen molar-refractivity contribution in [3.8, 4) is 0 Å². The number of nitrogens with one attached hydrogen (secondary N) is 2. The molecule has 0 aromatic carbocycles. The van der Waals surface area contributed by atoms with Crippen molar-refractivity contribution in [3.05, 3.63) is 24.2 Å². The minimum absolute atomic E-state index is 0.225. The first-order valence-corrected chi connectivity index (χ1v) is 5.70. The number of anilines is 3. The lowest BCUT2D eigenvalue weighted by molar-refractivity contribution is 0.767. The molecule has 0 saturated carbocycles. The summed E-state index contributed by atoms with van der Waals surface area (Å²) in [7, 11) is 1.86. The van der Waals surface area contributed by atoms with E-state index in [-0.39, 0.29) is 5.92 Å². The van der Waals surface area contributed by atoms with Gasteiger partial charge in [0.05, 0.1) is 0 Å². The molecule has 0 fully saturated rings. The summed E-state index contributed by atoms with van der Waals surface area (Å²) < 4.78 is 1.72. The first-order chi connectivity index (χ1) is 8.58. The van der Waals surface area contributed by atoms with Crippen LogP contribution in [0, 0.1) is 0 Å². The molecule has 0 radical (unpaired) electrons. The van der Waals surface area contributed by atoms with E-state index < -0.39 is 0 Å². The first-order valence-electron chi connectivity index (χ1n) is 5.70. The SMILES string of the molecule is CC(C)c1nc(NN)cc(Nc2ccn(C)n2)n1. The molecule has 18 heavy (non-hydrogen) atoms. The summed E-state index contributed by atoms with van der Waals surface area (Å²) in [4.78, 5) is 8.70. The number of hydrogen-bond donors (Lipinski definition) is 3. The second-order valence-electron chi connectivity index (χ2n) is 4.30. The number of nitrogens with zero attached hydrogens (tertiary/aromatic N) is 4. The van der Waals surface area contributed by atoms with Crippen molar-refractivity contribution in [3.63, 3.8) is 0 Å². The van der Waals surface area contributed by atoms with Gasteiger partial charge in [0.1, 0.15) is 17.5 Å². The van der Waals surface area contributed by atoms with E-state index in [9.17, 15) is 0 Å². The van der Waals surface area contributed by atoms with Crippen LogP contribution in [0.5, 0.6) is 0 Å². The van der Waals surface area contributed by atoms with Gasteiger partial charge in [0.15, 0.2) is 5.82 Å². The predicted octanol–water partition coefficient (Wildman–Crippen LogP) is 1.36. The van der Waals surface area contributed by atoms with Crippen LogP contribution in [0.4, 0.5) is 17.5 Å². The van der Waals surface area contributed by atoms with Gasteiger partial charge in [-0.1, -0.05) is 13.8 Å². The average molecular weight is 247 g/mol. The van der Waals surface area contributed by atoms with Crippen molar-refractivity contribution in [1.82, 2.24) is 19.7 Å². The van der Waals surface area contributed by atoms with E-state index >= 15 is 0 Å². The van der Waals surface area contributed by atoms with Crippen LogP contribution in [-0.2, 0) is 7.05 Å². The van der Waals surface area contributed by atoms with E-state index in [0.717, 1.165) is 11.6 Å². The van der Waals surface area contributed by atoms with E-state index in [1.54, 1.807) is 10.7 Å². The molecular weight excluding hydrogens is 230 g/mol. The number of hydrogen-bond acceptors (Lipinski definition) is 6. The quantitative estimate of drug-likeness (QED) is 0.558. The van der Waals surface area contributed by atoms with Gasteiger partial charge in [-0.3, -0.25) is 4.68 Å². The molecule has 7 nitrogen and oxygen atoms in total. The standard InChI is InChI=1S/C11H17N7/c1-7(2)11-14-9(6-10(15-11)16-12)13-8-4-5-18(3)17-8/h4-7H,12H2,1-3H3,(H2,13,14,15,16,17). The Hall–Kier alpha value is -2.15. The Balaban J connectivity index is 2.29. The molecule has 0 aliphatic rings. The Kier molecular flexibility index (Phi) is 3.42. The van der Waals surface area contributed by atoms with E-state index in [4.69, 9.17) is 5.84 Å². The summed E-state index contributed by atoms with van der Waals surface area (Å²) in [6.07, 6.45) is 1.86. The molecule has 7 heteroatoms. The summed E-state index contributed by atoms with van der Waals surface area (Å²) in [6.45, 7) is 4.06. The highest BCUT2D eigenvalue weighted by Crippen LogP contribution is 2.18. The fourth-order valence-corrected chi connectivity index (χ4v) is 1.48. The van der Waals surface area contributed by atoms with Gasteiger partial charge in [-0.15, -0.1) is 0 Å². The monoisotopic (exact) mass is 247 g/mol. The molecule has 2 aromatic heterocycles. The topological polar surface area (TPSA) is 93.7 Å². The molecule has 2 rings (SSSR count). The molecule has 0 amide bonds. The van der Waals surface area contributed by atoms with Gasteiger partial charge in [0.25, 0.3) is 0 Å². The summed E-state index contributed by atoms with van der Waals surface area (Å²) in [5.74, 6) is 8.32. The van der Waals surface area contributed by atoms with Crippen LogP contribution in [0.25, 0.3) is 0 Å². The van der Waals surface area contributed by atoms with Crippen molar-refractivity contribution in [2.24, 2.45) is 12.9 Å². The molecule has 0 spiro atoms. The summed E-state index contributed by atoms with van der Waals surface area (Å²) >= 11 is 0. The van der Waals surface area contributed by atoms with Crippen LogP contribution in [-0.4, -0.2) is 19.7 Å². The van der Waals surface area contributed by atoms with Crippen LogP contribution in [0.2, 0.25) is 0 Å². The molecular formula is C11H17N7. The number of nitrogens with two attached hydrogens (primary N) is 1. The van der Waals surface area contributed by atoms with Crippen molar-refractivity contribution >= 4 is 17.5 Å². The Morgan fingerprint density at radius 2 is 1.94 bits per heavy atom. The molecule has 0 unspecified atom stereocenters. The molecule has 2 aromatic rings. The average Bonchev–Trinajstić information content (AvgIpc) is 2.74. The van der Waals surface area contributed by atoms with E-state index in [2.05, 4.69) is 25.8 Å². The maximum absolute atomic E-state index is 5.40. The van der Waals surface area contributed by atoms with E-state index in [1.165, 1.54) is 0 Å². The number of aromatic nitrogens is 4. The molecule has 96 valence electrons. The van der Waals surface area contributed by atoms with Gasteiger partial charge in [0.2, 0.25) is 0 Å². The Morgan fingerprint density at radius 3 is 2.50 bits per heavy atom. The third-order valence-electron chi connectivity index (χ3n) is 2.38. The van der Waals surface area contributed by atoms with Gasteiger partial charge in [0, 0.05) is 31.3 Å². The fraction of sp³-hybridized carbons (Fsp3) is 0.364. The van der Waals surface area contributed by atoms with Crippen molar-refractivity contribution < 1.29 is 0 Å². The largest absolute Gasteiger partial charge is 0.323 e. The normalized spacial score (nSPS) is 10.7. The van der Waals surface area contributed by atoms with Crippen LogP contribution >= 0.6 is 0 Å². The number of aryl methyl sites for hydroxylation is 1. The van der Waals surface area contributed by atoms with Crippen molar-refractivity contribution in [2.75, 3.05) is 10.7 Å². The Labute approximate surface area is 105 Å². The first kappa shape index (κ1) is 12.3. The smallest absolute Gasteiger partial charge is 0.153 e. The van der Waals surface area contributed by atoms with Gasteiger partial charge in [-0.25, -0.2) is 15.8 Å². The highest BCUT2D eigenvalue weighted by molar-refractivity contribution is 5.55. The fourth-order valence-electron chi connectivity index (χ4n) is 1.48. The number of hydrazine groups is 1. The van der Waals surface area contributed by atoms with Crippen LogP contribution in [0.15, 0.2) is 18.3 Å². The van der Waals surface area contributed by atoms with Crippen LogP contribution in [0.3, 0.4) is 0 Å². The van der Waals surface area contributed by atoms with Gasteiger partial charge in [-0.05, 0) is 0 Å². The molecule has 0 bridgehead atoms. The third-order valence-corrected chi connectivity index (χ3v) is 2.38. The molecule has 4 N–H and O–H groups in total. The highest BCUT2D eigenvalue weighted by atomic mass is 15.3. The lowest BCUT2D eigenvalue weighted by Gasteiger charge is -2.10. The van der Waals surface area contributed by atoms with Gasteiger partial charge >= 0.3 is 0 Å².